The van der Waals surface area contributed by atoms with Crippen molar-refractivity contribution in [2.75, 3.05) is 0 Å². The fraction of sp³-hybridized carbons (Fsp3) is 0.767. The topological polar surface area (TPSA) is 57.5 Å². The lowest BCUT2D eigenvalue weighted by atomic mass is 9.82. The van der Waals surface area contributed by atoms with Gasteiger partial charge in [-0.1, -0.05) is 130 Å². The lowest BCUT2D eigenvalue weighted by Gasteiger charge is -2.24. The maximum atomic E-state index is 11.9. The van der Waals surface area contributed by atoms with E-state index in [4.69, 9.17) is 0 Å². The van der Waals surface area contributed by atoms with Crippen molar-refractivity contribution in [1.29, 1.82) is 0 Å². The van der Waals surface area contributed by atoms with Crippen LogP contribution in [0.1, 0.15) is 141 Å². The van der Waals surface area contributed by atoms with Crippen molar-refractivity contribution < 1.29 is 15.0 Å². The molecular weight excluding hydrogens is 408 g/mol. The summed E-state index contributed by atoms with van der Waals surface area (Å²) >= 11 is 0. The third kappa shape index (κ3) is 12.0. The molecule has 0 bridgehead atoms. The Kier molecular flexibility index (Phi) is 14.5. The average Bonchev–Trinajstić information content (AvgIpc) is 2.76. The molecule has 2 N–H and O–H groups in total. The number of hydrogen-bond acceptors (Lipinski definition) is 2. The highest BCUT2D eigenvalue weighted by Crippen LogP contribution is 2.35. The molecule has 0 spiro atoms. The quantitative estimate of drug-likeness (QED) is 0.215. The van der Waals surface area contributed by atoms with E-state index in [0.29, 0.717) is 12.2 Å². The molecule has 33 heavy (non-hydrogen) atoms. The summed E-state index contributed by atoms with van der Waals surface area (Å²) in [7, 11) is 0. The number of unbranched alkanes of at least 4 members (excludes halogenated alkanes) is 12. The summed E-state index contributed by atoms with van der Waals surface area (Å²) in [5.41, 5.74) is 2.71. The standard InChI is InChI=1S/C30H52O3/c1-6-8-9-10-11-12-13-14-15-16-17-18-19-20-26(29(32)33)22-24-21-25(7-2)28(31)27(23-24)30(3,4)5/h21,23,26,31H,6-20,22H2,1-5H3,(H,32,33). The van der Waals surface area contributed by atoms with Gasteiger partial charge in [-0.3, -0.25) is 4.79 Å². The van der Waals surface area contributed by atoms with Crippen molar-refractivity contribution in [2.45, 2.75) is 143 Å². The number of aliphatic carboxylic acids is 1. The van der Waals surface area contributed by atoms with Gasteiger partial charge in [-0.2, -0.15) is 0 Å². The van der Waals surface area contributed by atoms with Crippen LogP contribution in [-0.4, -0.2) is 16.2 Å². The number of phenolic OH excluding ortho intramolecular Hbond substituents is 1. The second kappa shape index (κ2) is 16.2. The zero-order valence-electron chi connectivity index (χ0n) is 22.3. The van der Waals surface area contributed by atoms with Crippen molar-refractivity contribution in [2.24, 2.45) is 5.92 Å². The Bertz CT molecular complexity index is 672. The van der Waals surface area contributed by atoms with Crippen molar-refractivity contribution in [3.8, 4) is 5.75 Å². The first-order valence-corrected chi connectivity index (χ1v) is 13.8. The number of phenols is 1. The van der Waals surface area contributed by atoms with Crippen LogP contribution in [0, 0.1) is 5.92 Å². The van der Waals surface area contributed by atoms with Crippen LogP contribution in [0.15, 0.2) is 12.1 Å². The molecule has 0 saturated heterocycles. The van der Waals surface area contributed by atoms with Crippen molar-refractivity contribution >= 4 is 5.97 Å². The van der Waals surface area contributed by atoms with Crippen molar-refractivity contribution in [3.05, 3.63) is 28.8 Å². The molecule has 0 fully saturated rings. The molecule has 0 radical (unpaired) electrons. The minimum absolute atomic E-state index is 0.169. The predicted octanol–water partition coefficient (Wildman–Crippen LogP) is 8.98. The first-order valence-electron chi connectivity index (χ1n) is 13.8. The Hall–Kier alpha value is -1.51. The van der Waals surface area contributed by atoms with Gasteiger partial charge in [-0.25, -0.2) is 0 Å². The number of carboxylic acids is 1. The second-order valence-corrected chi connectivity index (χ2v) is 11.0. The van der Waals surface area contributed by atoms with Gasteiger partial charge < -0.3 is 10.2 Å². The predicted molar refractivity (Wildman–Crippen MR) is 141 cm³/mol. The van der Waals surface area contributed by atoms with Crippen LogP contribution in [0.5, 0.6) is 5.75 Å². The molecule has 0 amide bonds. The molecule has 1 atom stereocenters. The molecule has 0 aromatic heterocycles. The van der Waals surface area contributed by atoms with Crippen LogP contribution in [-0.2, 0) is 23.1 Å². The molecule has 0 heterocycles. The first-order chi connectivity index (χ1) is 15.7. The molecule has 190 valence electrons. The Labute approximate surface area is 204 Å². The Morgan fingerprint density at radius 3 is 1.73 bits per heavy atom. The van der Waals surface area contributed by atoms with E-state index in [9.17, 15) is 15.0 Å². The number of aromatic hydroxyl groups is 1. The van der Waals surface area contributed by atoms with Gasteiger partial charge in [0.15, 0.2) is 0 Å². The Balaban J connectivity index is 2.37. The van der Waals surface area contributed by atoms with E-state index in [0.717, 1.165) is 42.4 Å². The van der Waals surface area contributed by atoms with Gasteiger partial charge in [0.2, 0.25) is 0 Å². The second-order valence-electron chi connectivity index (χ2n) is 11.0. The maximum absolute atomic E-state index is 11.9. The van der Waals surface area contributed by atoms with E-state index in [1.807, 2.05) is 19.1 Å². The van der Waals surface area contributed by atoms with Gasteiger partial charge in [-0.05, 0) is 41.4 Å². The third-order valence-electron chi connectivity index (χ3n) is 6.93. The zero-order chi connectivity index (χ0) is 24.7. The van der Waals surface area contributed by atoms with Crippen LogP contribution in [0.4, 0.5) is 0 Å². The summed E-state index contributed by atoms with van der Waals surface area (Å²) in [5, 5.41) is 20.4. The highest BCUT2D eigenvalue weighted by atomic mass is 16.4. The fourth-order valence-corrected chi connectivity index (χ4v) is 4.73. The molecule has 0 aliphatic carbocycles. The average molecular weight is 461 g/mol. The minimum atomic E-state index is -0.697. The van der Waals surface area contributed by atoms with E-state index < -0.39 is 5.97 Å². The number of carbonyl (C=O) groups is 1. The molecular formula is C30H52O3. The van der Waals surface area contributed by atoms with Gasteiger partial charge in [0.25, 0.3) is 0 Å². The molecule has 1 aromatic carbocycles. The summed E-state index contributed by atoms with van der Waals surface area (Å²) < 4.78 is 0. The lowest BCUT2D eigenvalue weighted by molar-refractivity contribution is -0.142. The summed E-state index contributed by atoms with van der Waals surface area (Å²) in [6.07, 6.45) is 19.0. The molecule has 0 saturated carbocycles. The number of hydrogen-bond donors (Lipinski definition) is 2. The van der Waals surface area contributed by atoms with E-state index in [1.54, 1.807) is 0 Å². The van der Waals surface area contributed by atoms with Gasteiger partial charge in [0, 0.05) is 0 Å². The van der Waals surface area contributed by atoms with Crippen LogP contribution in [0.25, 0.3) is 0 Å². The van der Waals surface area contributed by atoms with Crippen LogP contribution >= 0.6 is 0 Å². The van der Waals surface area contributed by atoms with Crippen LogP contribution in [0.3, 0.4) is 0 Å². The zero-order valence-corrected chi connectivity index (χ0v) is 22.3. The summed E-state index contributed by atoms with van der Waals surface area (Å²) in [5.74, 6) is -0.672. The molecule has 0 aliphatic rings. The van der Waals surface area contributed by atoms with Gasteiger partial charge in [0.05, 0.1) is 5.92 Å². The van der Waals surface area contributed by atoms with E-state index in [2.05, 4.69) is 27.7 Å². The fourth-order valence-electron chi connectivity index (χ4n) is 4.73. The molecule has 3 heteroatoms. The third-order valence-corrected chi connectivity index (χ3v) is 6.93. The molecule has 1 aromatic rings. The Morgan fingerprint density at radius 2 is 1.30 bits per heavy atom. The molecule has 3 nitrogen and oxygen atoms in total. The summed E-state index contributed by atoms with van der Waals surface area (Å²) in [4.78, 5) is 11.9. The highest BCUT2D eigenvalue weighted by Gasteiger charge is 2.23. The number of carboxylic acid groups (broad SMARTS) is 1. The highest BCUT2D eigenvalue weighted by molar-refractivity contribution is 5.70. The molecule has 0 aliphatic heterocycles. The van der Waals surface area contributed by atoms with Gasteiger partial charge in [-0.15, -0.1) is 0 Å². The number of rotatable bonds is 18. The largest absolute Gasteiger partial charge is 0.507 e. The van der Waals surface area contributed by atoms with E-state index in [-0.39, 0.29) is 11.3 Å². The number of benzene rings is 1. The van der Waals surface area contributed by atoms with Gasteiger partial charge >= 0.3 is 5.97 Å². The van der Waals surface area contributed by atoms with Crippen LogP contribution in [0.2, 0.25) is 0 Å². The van der Waals surface area contributed by atoms with Crippen molar-refractivity contribution in [3.63, 3.8) is 0 Å². The molecule has 1 unspecified atom stereocenters. The number of aryl methyl sites for hydroxylation is 1. The minimum Gasteiger partial charge on any atom is -0.507 e. The van der Waals surface area contributed by atoms with E-state index in [1.165, 1.54) is 70.6 Å². The van der Waals surface area contributed by atoms with Gasteiger partial charge in [0.1, 0.15) is 5.75 Å². The maximum Gasteiger partial charge on any atom is 0.306 e. The lowest BCUT2D eigenvalue weighted by Crippen LogP contribution is -2.18. The normalized spacial score (nSPS) is 12.8. The van der Waals surface area contributed by atoms with E-state index >= 15 is 0 Å². The first kappa shape index (κ1) is 29.5. The SMILES string of the molecule is CCCCCCCCCCCCCCCC(Cc1cc(CC)c(O)c(C(C)(C)C)c1)C(=O)O. The van der Waals surface area contributed by atoms with Crippen LogP contribution < -0.4 is 0 Å². The smallest absolute Gasteiger partial charge is 0.306 e. The summed E-state index contributed by atoms with van der Waals surface area (Å²) in [6.45, 7) is 10.6. The monoisotopic (exact) mass is 460 g/mol. The molecule has 1 rings (SSSR count). The van der Waals surface area contributed by atoms with Crippen molar-refractivity contribution in [1.82, 2.24) is 0 Å². The Morgan fingerprint density at radius 1 is 0.818 bits per heavy atom. The summed E-state index contributed by atoms with van der Waals surface area (Å²) in [6, 6.07) is 4.03.